The van der Waals surface area contributed by atoms with Crippen molar-refractivity contribution in [1.29, 1.82) is 0 Å². The van der Waals surface area contributed by atoms with Gasteiger partial charge in [0.25, 0.3) is 0 Å². The van der Waals surface area contributed by atoms with E-state index in [1.54, 1.807) is 7.11 Å². The molecular weight excluding hydrogens is 226 g/mol. The number of aryl methyl sites for hydroxylation is 1. The molecule has 0 aliphatic carbocycles. The van der Waals surface area contributed by atoms with Gasteiger partial charge in [-0.05, 0) is 30.7 Å². The van der Waals surface area contributed by atoms with Crippen LogP contribution in [-0.4, -0.2) is 12.2 Å². The SMILES string of the molecule is COc1cccc(C(O)c2cc(C)ccc2N)c1. The fourth-order valence-corrected chi connectivity index (χ4v) is 1.92. The molecule has 1 atom stereocenters. The Bertz CT molecular complexity index is 552. The molecule has 3 heteroatoms. The minimum absolute atomic E-state index is 0.593. The van der Waals surface area contributed by atoms with Gasteiger partial charge >= 0.3 is 0 Å². The zero-order valence-corrected chi connectivity index (χ0v) is 10.6. The van der Waals surface area contributed by atoms with Crippen LogP contribution in [0, 0.1) is 6.92 Å². The van der Waals surface area contributed by atoms with Crippen LogP contribution in [-0.2, 0) is 0 Å². The lowest BCUT2D eigenvalue weighted by molar-refractivity contribution is 0.220. The molecule has 2 aromatic rings. The zero-order valence-electron chi connectivity index (χ0n) is 10.6. The second kappa shape index (κ2) is 5.10. The van der Waals surface area contributed by atoms with E-state index < -0.39 is 6.10 Å². The molecule has 1 unspecified atom stereocenters. The molecule has 0 aliphatic rings. The maximum Gasteiger partial charge on any atom is 0.119 e. The van der Waals surface area contributed by atoms with Crippen LogP contribution in [0.1, 0.15) is 22.8 Å². The highest BCUT2D eigenvalue weighted by molar-refractivity contribution is 5.52. The van der Waals surface area contributed by atoms with Crippen LogP contribution >= 0.6 is 0 Å². The van der Waals surface area contributed by atoms with E-state index in [9.17, 15) is 5.11 Å². The number of rotatable bonds is 3. The molecule has 0 bridgehead atoms. The molecule has 3 N–H and O–H groups in total. The predicted molar refractivity (Wildman–Crippen MR) is 72.6 cm³/mol. The Balaban J connectivity index is 2.40. The molecule has 0 spiro atoms. The number of nitrogens with two attached hydrogens (primary N) is 1. The third-order valence-corrected chi connectivity index (χ3v) is 2.95. The van der Waals surface area contributed by atoms with Crippen molar-refractivity contribution in [2.24, 2.45) is 0 Å². The van der Waals surface area contributed by atoms with Crippen molar-refractivity contribution < 1.29 is 9.84 Å². The lowest BCUT2D eigenvalue weighted by Crippen LogP contribution is -2.04. The van der Waals surface area contributed by atoms with Crippen LogP contribution in [0.4, 0.5) is 5.69 Å². The summed E-state index contributed by atoms with van der Waals surface area (Å²) in [6, 6.07) is 13.0. The fraction of sp³-hybridized carbons (Fsp3) is 0.200. The van der Waals surface area contributed by atoms with Gasteiger partial charge in [0, 0.05) is 11.3 Å². The number of benzene rings is 2. The third-order valence-electron chi connectivity index (χ3n) is 2.95. The van der Waals surface area contributed by atoms with Crippen molar-refractivity contribution in [2.45, 2.75) is 13.0 Å². The van der Waals surface area contributed by atoms with Gasteiger partial charge in [0.2, 0.25) is 0 Å². The van der Waals surface area contributed by atoms with Crippen molar-refractivity contribution in [3.8, 4) is 5.75 Å². The molecule has 2 rings (SSSR count). The first kappa shape index (κ1) is 12.5. The van der Waals surface area contributed by atoms with E-state index in [1.807, 2.05) is 49.4 Å². The predicted octanol–water partition coefficient (Wildman–Crippen LogP) is 2.67. The number of ether oxygens (including phenoxy) is 1. The molecule has 0 amide bonds. The van der Waals surface area contributed by atoms with E-state index >= 15 is 0 Å². The standard InChI is InChI=1S/C15H17NO2/c1-10-6-7-14(16)13(8-10)15(17)11-4-3-5-12(9-11)18-2/h3-9,15,17H,16H2,1-2H3. The zero-order chi connectivity index (χ0) is 13.1. The van der Waals surface area contributed by atoms with Gasteiger partial charge in [0.05, 0.1) is 7.11 Å². The first-order valence-electron chi connectivity index (χ1n) is 5.80. The molecule has 0 fully saturated rings. The minimum Gasteiger partial charge on any atom is -0.497 e. The Morgan fingerprint density at radius 2 is 1.94 bits per heavy atom. The van der Waals surface area contributed by atoms with E-state index in [2.05, 4.69) is 0 Å². The first-order chi connectivity index (χ1) is 8.61. The number of nitrogen functional groups attached to an aromatic ring is 1. The van der Waals surface area contributed by atoms with Gasteiger partial charge in [-0.1, -0.05) is 29.8 Å². The Kier molecular flexibility index (Phi) is 3.53. The summed E-state index contributed by atoms with van der Waals surface area (Å²) in [4.78, 5) is 0. The summed E-state index contributed by atoms with van der Waals surface area (Å²) >= 11 is 0. The number of anilines is 1. The second-order valence-electron chi connectivity index (χ2n) is 4.31. The molecule has 18 heavy (non-hydrogen) atoms. The van der Waals surface area contributed by atoms with Crippen LogP contribution < -0.4 is 10.5 Å². The molecule has 0 heterocycles. The average molecular weight is 243 g/mol. The van der Waals surface area contributed by atoms with Gasteiger partial charge in [-0.2, -0.15) is 0 Å². The fourth-order valence-electron chi connectivity index (χ4n) is 1.92. The van der Waals surface area contributed by atoms with E-state index in [4.69, 9.17) is 10.5 Å². The number of aliphatic hydroxyl groups excluding tert-OH is 1. The van der Waals surface area contributed by atoms with Crippen molar-refractivity contribution in [3.05, 3.63) is 59.2 Å². The number of hydrogen-bond donors (Lipinski definition) is 2. The van der Waals surface area contributed by atoms with Crippen molar-refractivity contribution in [3.63, 3.8) is 0 Å². The van der Waals surface area contributed by atoms with Gasteiger partial charge in [-0.3, -0.25) is 0 Å². The van der Waals surface area contributed by atoms with Gasteiger partial charge < -0.3 is 15.6 Å². The van der Waals surface area contributed by atoms with Crippen LogP contribution in [0.5, 0.6) is 5.75 Å². The average Bonchev–Trinajstić information content (AvgIpc) is 2.41. The summed E-state index contributed by atoms with van der Waals surface area (Å²) in [7, 11) is 1.60. The number of aliphatic hydroxyl groups is 1. The van der Waals surface area contributed by atoms with Crippen molar-refractivity contribution >= 4 is 5.69 Å². The molecule has 0 aromatic heterocycles. The summed E-state index contributed by atoms with van der Waals surface area (Å²) in [5.41, 5.74) is 9.07. The Morgan fingerprint density at radius 3 is 2.67 bits per heavy atom. The largest absolute Gasteiger partial charge is 0.497 e. The van der Waals surface area contributed by atoms with Crippen LogP contribution in [0.3, 0.4) is 0 Å². The molecule has 0 saturated heterocycles. The van der Waals surface area contributed by atoms with Gasteiger partial charge in [-0.15, -0.1) is 0 Å². The highest BCUT2D eigenvalue weighted by Gasteiger charge is 2.14. The highest BCUT2D eigenvalue weighted by atomic mass is 16.5. The molecule has 0 saturated carbocycles. The Labute approximate surface area is 107 Å². The minimum atomic E-state index is -0.736. The molecule has 0 aliphatic heterocycles. The summed E-state index contributed by atoms with van der Waals surface area (Å²) < 4.78 is 5.15. The third kappa shape index (κ3) is 2.46. The highest BCUT2D eigenvalue weighted by Crippen LogP contribution is 2.29. The van der Waals surface area contributed by atoms with Gasteiger partial charge in [0.1, 0.15) is 11.9 Å². The number of hydrogen-bond acceptors (Lipinski definition) is 3. The molecule has 0 radical (unpaired) electrons. The molecule has 3 nitrogen and oxygen atoms in total. The lowest BCUT2D eigenvalue weighted by Gasteiger charge is -2.15. The van der Waals surface area contributed by atoms with Gasteiger partial charge in [0.15, 0.2) is 0 Å². The lowest BCUT2D eigenvalue weighted by atomic mass is 9.98. The second-order valence-corrected chi connectivity index (χ2v) is 4.31. The van der Waals surface area contributed by atoms with Crippen LogP contribution in [0.25, 0.3) is 0 Å². The maximum atomic E-state index is 10.4. The summed E-state index contributed by atoms with van der Waals surface area (Å²) in [6.07, 6.45) is -0.736. The van der Waals surface area contributed by atoms with E-state index in [0.717, 1.165) is 22.4 Å². The quantitative estimate of drug-likeness (QED) is 0.815. The number of methoxy groups -OCH3 is 1. The normalized spacial score (nSPS) is 12.2. The Morgan fingerprint density at radius 1 is 1.17 bits per heavy atom. The monoisotopic (exact) mass is 243 g/mol. The molecule has 94 valence electrons. The molecular formula is C15H17NO2. The van der Waals surface area contributed by atoms with E-state index in [0.29, 0.717) is 5.69 Å². The summed E-state index contributed by atoms with van der Waals surface area (Å²) in [6.45, 7) is 1.97. The van der Waals surface area contributed by atoms with Crippen molar-refractivity contribution in [1.82, 2.24) is 0 Å². The topological polar surface area (TPSA) is 55.5 Å². The van der Waals surface area contributed by atoms with Crippen LogP contribution in [0.2, 0.25) is 0 Å². The maximum absolute atomic E-state index is 10.4. The smallest absolute Gasteiger partial charge is 0.119 e. The summed E-state index contributed by atoms with van der Waals surface area (Å²) in [5.74, 6) is 0.720. The Hall–Kier alpha value is -2.00. The summed E-state index contributed by atoms with van der Waals surface area (Å²) in [5, 5.41) is 10.4. The van der Waals surface area contributed by atoms with Crippen LogP contribution in [0.15, 0.2) is 42.5 Å². The molecule has 2 aromatic carbocycles. The van der Waals surface area contributed by atoms with E-state index in [1.165, 1.54) is 0 Å². The van der Waals surface area contributed by atoms with Crippen molar-refractivity contribution in [2.75, 3.05) is 12.8 Å². The van der Waals surface area contributed by atoms with Gasteiger partial charge in [-0.25, -0.2) is 0 Å². The van der Waals surface area contributed by atoms with E-state index in [-0.39, 0.29) is 0 Å². The first-order valence-corrected chi connectivity index (χ1v) is 5.80.